The van der Waals surface area contributed by atoms with E-state index in [0.29, 0.717) is 26.1 Å². The molecule has 2 heterocycles. The molecule has 3 N–H and O–H groups in total. The Hall–Kier alpha value is -3.08. The highest BCUT2D eigenvalue weighted by Gasteiger charge is 2.42. The van der Waals surface area contributed by atoms with E-state index in [0.717, 1.165) is 24.2 Å². The molecule has 0 aliphatic carbocycles. The molecule has 0 unspecified atom stereocenters. The molecule has 2 aliphatic rings. The second-order valence-electron chi connectivity index (χ2n) is 9.12. The Morgan fingerprint density at radius 3 is 2.67 bits per heavy atom. The number of nitrogens with zero attached hydrogens (tertiary/aromatic N) is 1. The molecule has 1 saturated heterocycles. The normalized spacial score (nSPS) is 17.2. The number of hydrogen-bond acceptors (Lipinski definition) is 7. The number of benzene rings is 2. The molecule has 0 bridgehead atoms. The Kier molecular flexibility index (Phi) is 7.87. The average molecular weight is 523 g/mol. The lowest BCUT2D eigenvalue weighted by atomic mass is 9.87. The first-order valence-corrected chi connectivity index (χ1v) is 12.0. The molecule has 0 aromatic heterocycles. The molecule has 1 amide bonds. The maximum absolute atomic E-state index is 13.6. The number of carbonyl (C=O) groups excluding carboxylic acids is 1. The van der Waals surface area contributed by atoms with Crippen LogP contribution in [0.5, 0.6) is 17.2 Å². The van der Waals surface area contributed by atoms with Crippen LogP contribution in [0.25, 0.3) is 0 Å². The van der Waals surface area contributed by atoms with Gasteiger partial charge < -0.3 is 34.6 Å². The molecule has 1 fully saturated rings. The first-order valence-electron chi connectivity index (χ1n) is 11.6. The van der Waals surface area contributed by atoms with E-state index in [2.05, 4.69) is 10.2 Å². The van der Waals surface area contributed by atoms with Crippen molar-refractivity contribution in [1.29, 1.82) is 0 Å². The van der Waals surface area contributed by atoms with Gasteiger partial charge in [0.2, 0.25) is 5.91 Å². The number of likely N-dealkylation sites (tertiary alicyclic amines) is 1. The molecule has 2 aliphatic heterocycles. The molecular formula is C25H28ClFN2O7. The van der Waals surface area contributed by atoms with Crippen molar-refractivity contribution in [3.8, 4) is 17.2 Å². The lowest BCUT2D eigenvalue weighted by Crippen LogP contribution is -2.49. The van der Waals surface area contributed by atoms with Crippen molar-refractivity contribution in [2.75, 3.05) is 38.2 Å². The topological polar surface area (TPSA) is 118 Å². The number of hydrogen-bond donors (Lipinski definition) is 3. The molecule has 1 spiro atoms. The number of carboxylic acid groups (broad SMARTS) is 1. The molecule has 4 rings (SSSR count). The van der Waals surface area contributed by atoms with Crippen LogP contribution >= 0.6 is 11.6 Å². The highest BCUT2D eigenvalue weighted by molar-refractivity contribution is 6.32. The summed E-state index contributed by atoms with van der Waals surface area (Å²) in [6.07, 6.45) is 1.35. The summed E-state index contributed by atoms with van der Waals surface area (Å²) < 4.78 is 30.7. The molecule has 36 heavy (non-hydrogen) atoms. The number of fused-ring (bicyclic) bond motifs is 1. The minimum Gasteiger partial charge on any atom is -0.489 e. The van der Waals surface area contributed by atoms with Gasteiger partial charge in [0.25, 0.3) is 0 Å². The fraction of sp³-hybridized carbons (Fsp3) is 0.440. The summed E-state index contributed by atoms with van der Waals surface area (Å²) >= 11 is 6.14. The number of aliphatic hydroxyl groups is 1. The van der Waals surface area contributed by atoms with Crippen molar-refractivity contribution in [1.82, 2.24) is 4.90 Å². The van der Waals surface area contributed by atoms with Gasteiger partial charge in [-0.25, -0.2) is 9.18 Å². The molecule has 194 valence electrons. The average Bonchev–Trinajstić information content (AvgIpc) is 3.16. The zero-order valence-electron chi connectivity index (χ0n) is 19.8. The number of aliphatic carboxylic acids is 1. The predicted octanol–water partition coefficient (Wildman–Crippen LogP) is 3.11. The Labute approximate surface area is 212 Å². The summed E-state index contributed by atoms with van der Waals surface area (Å²) in [4.78, 5) is 24.5. The van der Waals surface area contributed by atoms with Gasteiger partial charge in [0.1, 0.15) is 41.4 Å². The number of piperidine rings is 1. The molecule has 0 saturated carbocycles. The number of ether oxygens (including phenoxy) is 3. The first kappa shape index (κ1) is 26.0. The maximum Gasteiger partial charge on any atom is 0.341 e. The van der Waals surface area contributed by atoms with Crippen molar-refractivity contribution in [3.63, 3.8) is 0 Å². The fourth-order valence-electron chi connectivity index (χ4n) is 4.55. The Balaban J connectivity index is 1.32. The lowest BCUT2D eigenvalue weighted by molar-refractivity contribution is -0.139. The highest BCUT2D eigenvalue weighted by Crippen LogP contribution is 2.41. The van der Waals surface area contributed by atoms with Crippen LogP contribution < -0.4 is 19.5 Å². The maximum atomic E-state index is 13.6. The van der Waals surface area contributed by atoms with Gasteiger partial charge in [0, 0.05) is 57.5 Å². The number of rotatable bonds is 9. The smallest absolute Gasteiger partial charge is 0.341 e. The van der Waals surface area contributed by atoms with E-state index in [-0.39, 0.29) is 46.1 Å². The van der Waals surface area contributed by atoms with E-state index < -0.39 is 18.7 Å². The molecule has 11 heteroatoms. The monoisotopic (exact) mass is 522 g/mol. The van der Waals surface area contributed by atoms with Crippen molar-refractivity contribution >= 4 is 29.2 Å². The summed E-state index contributed by atoms with van der Waals surface area (Å²) in [6.45, 7) is 2.44. The molecule has 9 nitrogen and oxygen atoms in total. The third-order valence-corrected chi connectivity index (χ3v) is 6.52. The molecule has 2 aromatic rings. The summed E-state index contributed by atoms with van der Waals surface area (Å²) in [6, 6.07) is 7.39. The van der Waals surface area contributed by atoms with E-state index in [1.54, 1.807) is 6.07 Å². The minimum absolute atomic E-state index is 0.0740. The highest BCUT2D eigenvalue weighted by atomic mass is 35.5. The minimum atomic E-state index is -1.17. The van der Waals surface area contributed by atoms with Gasteiger partial charge in [-0.15, -0.1) is 0 Å². The number of amides is 1. The van der Waals surface area contributed by atoms with Gasteiger partial charge in [-0.3, -0.25) is 4.79 Å². The third-order valence-electron chi connectivity index (χ3n) is 6.23. The number of carbonyl (C=O) groups is 2. The fourth-order valence-corrected chi connectivity index (χ4v) is 4.77. The quantitative estimate of drug-likeness (QED) is 0.460. The second kappa shape index (κ2) is 10.9. The van der Waals surface area contributed by atoms with Crippen LogP contribution in [0.2, 0.25) is 5.02 Å². The molecule has 1 atom stereocenters. The van der Waals surface area contributed by atoms with Crippen molar-refractivity contribution in [2.45, 2.75) is 37.9 Å². The zero-order chi connectivity index (χ0) is 25.9. The van der Waals surface area contributed by atoms with Crippen molar-refractivity contribution < 1.29 is 38.4 Å². The van der Waals surface area contributed by atoms with Crippen LogP contribution in [-0.2, 0) is 16.0 Å². The summed E-state index contributed by atoms with van der Waals surface area (Å²) in [7, 11) is 0. The number of halogens is 2. The Morgan fingerprint density at radius 1 is 1.22 bits per heavy atom. The molecule has 2 aromatic carbocycles. The van der Waals surface area contributed by atoms with Crippen molar-refractivity contribution in [3.05, 3.63) is 46.7 Å². The van der Waals surface area contributed by atoms with Gasteiger partial charge in [-0.2, -0.15) is 0 Å². The van der Waals surface area contributed by atoms with Gasteiger partial charge in [0.05, 0.1) is 10.7 Å². The van der Waals surface area contributed by atoms with Crippen LogP contribution in [0.15, 0.2) is 30.3 Å². The van der Waals surface area contributed by atoms with Crippen LogP contribution in [0, 0.1) is 5.82 Å². The SMILES string of the molecule is CC(=O)Nc1cc(Cl)c(OCC(=O)O)cc1OC[C@H](O)CN1CCC2(CC1)Cc1cc(F)ccc1O2. The van der Waals surface area contributed by atoms with E-state index in [9.17, 15) is 19.1 Å². The van der Waals surface area contributed by atoms with E-state index >= 15 is 0 Å². The second-order valence-corrected chi connectivity index (χ2v) is 9.53. The largest absolute Gasteiger partial charge is 0.489 e. The third kappa shape index (κ3) is 6.37. The number of nitrogens with one attached hydrogen (secondary N) is 1. The summed E-state index contributed by atoms with van der Waals surface area (Å²) in [5.41, 5.74) is 0.829. The van der Waals surface area contributed by atoms with Crippen LogP contribution in [0.3, 0.4) is 0 Å². The number of aliphatic hydroxyl groups excluding tert-OH is 1. The van der Waals surface area contributed by atoms with Crippen LogP contribution in [0.4, 0.5) is 10.1 Å². The standard InChI is InChI=1S/C25H28ClFN2O7/c1-15(30)28-20-9-19(26)22(35-14-24(32)33)10-23(20)34-13-18(31)12-29-6-4-25(5-7-29)11-16-8-17(27)2-3-21(16)36-25/h2-3,8-10,18,31H,4-7,11-14H2,1H3,(H,28,30)(H,32,33)/t18-/m1/s1. The van der Waals surface area contributed by atoms with Gasteiger partial charge in [-0.1, -0.05) is 11.6 Å². The molecular weight excluding hydrogens is 495 g/mol. The number of carboxylic acids is 1. The number of anilines is 1. The van der Waals surface area contributed by atoms with Crippen LogP contribution in [-0.4, -0.2) is 71.5 Å². The van der Waals surface area contributed by atoms with Crippen LogP contribution in [0.1, 0.15) is 25.3 Å². The Bertz CT molecular complexity index is 1140. The zero-order valence-corrected chi connectivity index (χ0v) is 20.5. The number of β-amino-alcohol motifs (C(OH)–C–C–N with tert-alkyl or cyclic N) is 1. The van der Waals surface area contributed by atoms with Crippen molar-refractivity contribution in [2.24, 2.45) is 0 Å². The van der Waals surface area contributed by atoms with E-state index in [4.69, 9.17) is 30.9 Å². The summed E-state index contributed by atoms with van der Waals surface area (Å²) in [5.74, 6) is -0.776. The first-order chi connectivity index (χ1) is 17.1. The van der Waals surface area contributed by atoms with Gasteiger partial charge >= 0.3 is 5.97 Å². The van der Waals surface area contributed by atoms with Gasteiger partial charge in [-0.05, 0) is 24.3 Å². The van der Waals surface area contributed by atoms with E-state index in [1.807, 2.05) is 0 Å². The van der Waals surface area contributed by atoms with E-state index in [1.165, 1.54) is 31.2 Å². The predicted molar refractivity (Wildman–Crippen MR) is 130 cm³/mol. The Morgan fingerprint density at radius 2 is 1.97 bits per heavy atom. The van der Waals surface area contributed by atoms with Gasteiger partial charge in [0.15, 0.2) is 6.61 Å². The molecule has 0 radical (unpaired) electrons. The lowest BCUT2D eigenvalue weighted by Gasteiger charge is -2.39. The summed E-state index contributed by atoms with van der Waals surface area (Å²) in [5, 5.41) is 22.2.